The summed E-state index contributed by atoms with van der Waals surface area (Å²) < 4.78 is 27.2. The van der Waals surface area contributed by atoms with Gasteiger partial charge in [0.05, 0.1) is 47.3 Å². The van der Waals surface area contributed by atoms with Crippen molar-refractivity contribution in [2.45, 2.75) is 83.3 Å². The summed E-state index contributed by atoms with van der Waals surface area (Å²) >= 11 is 10.1. The lowest BCUT2D eigenvalue weighted by molar-refractivity contribution is -0.172. The highest BCUT2D eigenvalue weighted by atomic mass is 79.9. The van der Waals surface area contributed by atoms with E-state index in [0.717, 1.165) is 34.0 Å². The van der Waals surface area contributed by atoms with Crippen LogP contribution in [0.2, 0.25) is 5.15 Å². The van der Waals surface area contributed by atoms with Gasteiger partial charge in [-0.2, -0.15) is 0 Å². The van der Waals surface area contributed by atoms with Crippen LogP contribution < -0.4 is 9.64 Å². The van der Waals surface area contributed by atoms with Gasteiger partial charge in [0.25, 0.3) is 0 Å². The molecule has 1 N–H and O–H groups in total. The summed E-state index contributed by atoms with van der Waals surface area (Å²) in [7, 11) is 1.61. The van der Waals surface area contributed by atoms with E-state index < -0.39 is 23.4 Å². The van der Waals surface area contributed by atoms with Gasteiger partial charge in [-0.15, -0.1) is 0 Å². The van der Waals surface area contributed by atoms with Crippen molar-refractivity contribution in [3.63, 3.8) is 0 Å². The highest BCUT2D eigenvalue weighted by Crippen LogP contribution is 2.58. The van der Waals surface area contributed by atoms with Crippen molar-refractivity contribution in [3.05, 3.63) is 124 Å². The van der Waals surface area contributed by atoms with Crippen LogP contribution in [0.15, 0.2) is 102 Å². The molecule has 56 heavy (non-hydrogen) atoms. The van der Waals surface area contributed by atoms with Gasteiger partial charge in [0.1, 0.15) is 35.6 Å². The van der Waals surface area contributed by atoms with E-state index in [0.29, 0.717) is 45.1 Å². The normalized spacial score (nSPS) is 21.9. The van der Waals surface area contributed by atoms with Gasteiger partial charge in [-0.1, -0.05) is 73.1 Å². The first-order valence-corrected chi connectivity index (χ1v) is 19.9. The molecule has 1 aliphatic heterocycles. The maximum Gasteiger partial charge on any atom is 0.416 e. The van der Waals surface area contributed by atoms with Gasteiger partial charge >= 0.3 is 6.09 Å². The predicted octanol–water partition coefficient (Wildman–Crippen LogP) is 9.73. The van der Waals surface area contributed by atoms with Crippen LogP contribution in [0.5, 0.6) is 5.75 Å². The largest absolute Gasteiger partial charge is 0.497 e. The number of carbonyl (C=O) groups is 1. The number of fused-ring (bicyclic) bond motifs is 3. The van der Waals surface area contributed by atoms with Crippen molar-refractivity contribution in [1.29, 1.82) is 0 Å². The van der Waals surface area contributed by atoms with Crippen molar-refractivity contribution in [2.24, 2.45) is 5.41 Å². The monoisotopic (exact) mass is 839 g/mol. The summed E-state index contributed by atoms with van der Waals surface area (Å²) in [6.45, 7) is 6.33. The second kappa shape index (κ2) is 15.4. The van der Waals surface area contributed by atoms with Gasteiger partial charge in [0, 0.05) is 17.0 Å². The molecule has 6 aromatic rings. The quantitative estimate of drug-likeness (QED) is 0.127. The van der Waals surface area contributed by atoms with Gasteiger partial charge in [0.2, 0.25) is 0 Å². The van der Waals surface area contributed by atoms with Crippen LogP contribution >= 0.6 is 27.5 Å². The minimum Gasteiger partial charge on any atom is -0.497 e. The molecular weight excluding hydrogens is 798 g/mol. The number of methoxy groups -OCH3 is 1. The molecule has 1 aliphatic carbocycles. The number of rotatable bonds is 11. The average molecular weight is 841 g/mol. The number of amides is 1. The average Bonchev–Trinajstić information content (AvgIpc) is 3.86. The number of anilines is 1. The number of pyridine rings is 1. The minimum atomic E-state index is -0.843. The Morgan fingerprint density at radius 2 is 1.84 bits per heavy atom. The number of nitrogens with zero attached hydrogens (tertiary/aromatic N) is 5. The molecule has 1 saturated heterocycles. The zero-order chi connectivity index (χ0) is 39.2. The fourth-order valence-electron chi connectivity index (χ4n) is 8.33. The molecule has 13 heteroatoms. The summed E-state index contributed by atoms with van der Waals surface area (Å²) in [5, 5.41) is 14.1. The molecule has 11 nitrogen and oxygen atoms in total. The maximum atomic E-state index is 13.8. The molecular formula is C43H43BrClN5O6. The smallest absolute Gasteiger partial charge is 0.416 e. The van der Waals surface area contributed by atoms with E-state index in [-0.39, 0.29) is 31.4 Å². The number of benzene rings is 3. The highest BCUT2D eigenvalue weighted by Gasteiger charge is 2.61. The van der Waals surface area contributed by atoms with E-state index in [1.165, 1.54) is 11.2 Å². The third-order valence-corrected chi connectivity index (χ3v) is 12.1. The van der Waals surface area contributed by atoms with Crippen LogP contribution in [0.3, 0.4) is 0 Å². The Morgan fingerprint density at radius 1 is 1.05 bits per heavy atom. The number of halogens is 2. The number of aliphatic hydroxyl groups excluding tert-OH is 1. The Morgan fingerprint density at radius 3 is 2.59 bits per heavy atom. The van der Waals surface area contributed by atoms with E-state index in [1.807, 2.05) is 105 Å². The number of aromatic nitrogens is 4. The van der Waals surface area contributed by atoms with E-state index in [4.69, 9.17) is 35.5 Å². The second-order valence-electron chi connectivity index (χ2n) is 15.1. The van der Waals surface area contributed by atoms with Crippen LogP contribution in [-0.2, 0) is 27.4 Å². The third-order valence-electron chi connectivity index (χ3n) is 11.2. The molecule has 8 rings (SSSR count). The Kier molecular flexibility index (Phi) is 10.5. The zero-order valence-corrected chi connectivity index (χ0v) is 33.9. The molecule has 0 radical (unpaired) electrons. The van der Waals surface area contributed by atoms with Gasteiger partial charge in [-0.3, -0.25) is 4.90 Å². The summed E-state index contributed by atoms with van der Waals surface area (Å²) in [6, 6.07) is 26.6. The molecule has 2 aliphatic rings. The second-order valence-corrected chi connectivity index (χ2v) is 16.3. The molecule has 1 amide bonds. The lowest BCUT2D eigenvalue weighted by Gasteiger charge is -2.36. The van der Waals surface area contributed by atoms with Crippen LogP contribution in [0.1, 0.15) is 68.9 Å². The maximum absolute atomic E-state index is 13.8. The van der Waals surface area contributed by atoms with E-state index in [2.05, 4.69) is 37.4 Å². The highest BCUT2D eigenvalue weighted by molar-refractivity contribution is 9.10. The van der Waals surface area contributed by atoms with Crippen LogP contribution in [0, 0.1) is 5.41 Å². The molecule has 3 aromatic carbocycles. The Bertz CT molecular complexity index is 2380. The van der Waals surface area contributed by atoms with Crippen molar-refractivity contribution in [1.82, 2.24) is 19.5 Å². The van der Waals surface area contributed by atoms with Crippen molar-refractivity contribution in [3.8, 4) is 5.75 Å². The summed E-state index contributed by atoms with van der Waals surface area (Å²) in [5.74, 6) is 0.307. The lowest BCUT2D eigenvalue weighted by Crippen LogP contribution is -2.36. The summed E-state index contributed by atoms with van der Waals surface area (Å²) in [4.78, 5) is 29.1. The van der Waals surface area contributed by atoms with Crippen LogP contribution in [0.25, 0.3) is 21.9 Å². The molecule has 2 fully saturated rings. The summed E-state index contributed by atoms with van der Waals surface area (Å²) in [6.07, 6.45) is 3.42. The zero-order valence-electron chi connectivity index (χ0n) is 31.6. The topological polar surface area (TPSA) is 121 Å². The fourth-order valence-corrected chi connectivity index (χ4v) is 9.07. The number of ether oxygens (including phenoxy) is 4. The molecule has 0 bridgehead atoms. The molecule has 290 valence electrons. The first-order valence-electron chi connectivity index (χ1n) is 18.7. The van der Waals surface area contributed by atoms with Gasteiger partial charge in [0.15, 0.2) is 11.6 Å². The Balaban J connectivity index is 1.10. The van der Waals surface area contributed by atoms with Crippen LogP contribution in [0.4, 0.5) is 10.6 Å². The van der Waals surface area contributed by atoms with E-state index >= 15 is 0 Å². The Hall–Kier alpha value is -4.59. The molecule has 0 spiro atoms. The van der Waals surface area contributed by atoms with Gasteiger partial charge < -0.3 is 28.6 Å². The molecule has 0 unspecified atom stereocenters. The lowest BCUT2D eigenvalue weighted by atomic mass is 9.75. The predicted molar refractivity (Wildman–Crippen MR) is 218 cm³/mol. The number of carbonyl (C=O) groups excluding carboxylic acids is 1. The number of hydrogen-bond donors (Lipinski definition) is 1. The fraction of sp³-hybridized carbons (Fsp3) is 0.349. The molecule has 3 aromatic heterocycles. The van der Waals surface area contributed by atoms with Crippen LogP contribution in [-0.4, -0.2) is 55.8 Å². The van der Waals surface area contributed by atoms with Crippen molar-refractivity contribution < 1.29 is 28.8 Å². The third kappa shape index (κ3) is 7.36. The SMILES string of the molecule is CC[C@]1(C[C@@H](O)c2ccc3cc(Br)c(N(Cc4ccc(OC)cc4)C(=O)OCc4ccccc4)nc3c2)C[C@@H](n2ccc3c(Cl)ncnc32)[C@@H]2OC(C)(C)O[C@@H]21. The first kappa shape index (κ1) is 38.3. The molecule has 1 saturated carbocycles. The van der Waals surface area contributed by atoms with Crippen molar-refractivity contribution >= 4 is 61.4 Å². The Labute approximate surface area is 338 Å². The molecule has 4 heterocycles. The van der Waals surface area contributed by atoms with E-state index in [1.54, 1.807) is 7.11 Å². The summed E-state index contributed by atoms with van der Waals surface area (Å²) in [5.41, 5.74) is 3.38. The van der Waals surface area contributed by atoms with E-state index in [9.17, 15) is 9.90 Å². The van der Waals surface area contributed by atoms with Gasteiger partial charge in [-0.25, -0.2) is 19.7 Å². The van der Waals surface area contributed by atoms with Gasteiger partial charge in [-0.05, 0) is 96.1 Å². The van der Waals surface area contributed by atoms with Crippen molar-refractivity contribution in [2.75, 3.05) is 12.0 Å². The minimum absolute atomic E-state index is 0.103. The first-order chi connectivity index (χ1) is 27.0. The standard InChI is InChI=1S/C43H43BrClN5O6/c1-5-43(21-34(36-37(43)56-42(2,3)55-36)49-18-17-31-38(45)46-25-47-39(31)49)22-35(51)29-14-13-28-19-32(44)40(48-33(28)20-29)50(23-26-11-15-30(53-4)16-12-26)41(52)54-24-27-9-7-6-8-10-27/h6-20,25,34-37,51H,5,21-24H2,1-4H3/t34-,35-,36+,37+,43-/m1/s1. The number of hydrogen-bond acceptors (Lipinski definition) is 9. The molecule has 5 atom stereocenters. The number of aliphatic hydroxyl groups is 1.